The van der Waals surface area contributed by atoms with Gasteiger partial charge in [0.05, 0.1) is 18.9 Å². The molecule has 6 heteroatoms. The molecular weight excluding hydrogens is 279 g/mol. The molecule has 1 heterocycles. The van der Waals surface area contributed by atoms with Gasteiger partial charge in [-0.05, 0) is 23.8 Å². The molecule has 2 rings (SSSR count). The number of hydrogen-bond acceptors (Lipinski definition) is 2. The zero-order valence-corrected chi connectivity index (χ0v) is 10.6. The quantitative estimate of drug-likeness (QED) is 0.762. The topological polar surface area (TPSA) is 22.1 Å². The lowest BCUT2D eigenvalue weighted by molar-refractivity contribution is -0.137. The van der Waals surface area contributed by atoms with E-state index in [-0.39, 0.29) is 5.15 Å². The number of nitrogens with zero attached hydrogens (tertiary/aromatic N) is 1. The van der Waals surface area contributed by atoms with Crippen molar-refractivity contribution >= 4 is 11.6 Å². The van der Waals surface area contributed by atoms with Crippen molar-refractivity contribution in [1.82, 2.24) is 4.98 Å². The SMILES string of the molecule is COc1cnc(Cl)c(-c2ccc(C(F)(F)F)cc2)c1. The lowest BCUT2D eigenvalue weighted by Crippen LogP contribution is -2.04. The van der Waals surface area contributed by atoms with Gasteiger partial charge in [-0.25, -0.2) is 4.98 Å². The molecule has 100 valence electrons. The highest BCUT2D eigenvalue weighted by atomic mass is 35.5. The van der Waals surface area contributed by atoms with E-state index in [4.69, 9.17) is 16.3 Å². The van der Waals surface area contributed by atoms with E-state index < -0.39 is 11.7 Å². The largest absolute Gasteiger partial charge is 0.495 e. The second-order valence-corrected chi connectivity index (χ2v) is 4.15. The van der Waals surface area contributed by atoms with Gasteiger partial charge >= 0.3 is 6.18 Å². The molecule has 0 aliphatic rings. The average molecular weight is 288 g/mol. The maximum absolute atomic E-state index is 12.5. The molecule has 1 aromatic heterocycles. The molecule has 19 heavy (non-hydrogen) atoms. The number of pyridine rings is 1. The highest BCUT2D eigenvalue weighted by molar-refractivity contribution is 6.32. The number of aromatic nitrogens is 1. The van der Waals surface area contributed by atoms with Crippen molar-refractivity contribution in [3.63, 3.8) is 0 Å². The van der Waals surface area contributed by atoms with E-state index in [1.165, 1.54) is 25.4 Å². The van der Waals surface area contributed by atoms with Crippen LogP contribution >= 0.6 is 11.6 Å². The summed E-state index contributed by atoms with van der Waals surface area (Å²) in [6.45, 7) is 0. The van der Waals surface area contributed by atoms with Crippen molar-refractivity contribution in [3.8, 4) is 16.9 Å². The average Bonchev–Trinajstić information content (AvgIpc) is 2.38. The van der Waals surface area contributed by atoms with Gasteiger partial charge in [-0.1, -0.05) is 23.7 Å². The van der Waals surface area contributed by atoms with Crippen LogP contribution in [0.4, 0.5) is 13.2 Å². The van der Waals surface area contributed by atoms with Crippen LogP contribution in [0.3, 0.4) is 0 Å². The van der Waals surface area contributed by atoms with Gasteiger partial charge in [-0.3, -0.25) is 0 Å². The first-order chi connectivity index (χ1) is 8.91. The minimum absolute atomic E-state index is 0.209. The predicted octanol–water partition coefficient (Wildman–Crippen LogP) is 4.43. The van der Waals surface area contributed by atoms with Gasteiger partial charge in [0, 0.05) is 5.56 Å². The van der Waals surface area contributed by atoms with E-state index in [1.807, 2.05) is 0 Å². The molecule has 0 radical (unpaired) electrons. The zero-order chi connectivity index (χ0) is 14.0. The lowest BCUT2D eigenvalue weighted by atomic mass is 10.1. The Kier molecular flexibility index (Phi) is 3.66. The molecule has 0 aliphatic carbocycles. The molecule has 0 saturated heterocycles. The Bertz CT molecular complexity index is 581. The number of alkyl halides is 3. The monoisotopic (exact) mass is 287 g/mol. The number of rotatable bonds is 2. The van der Waals surface area contributed by atoms with Gasteiger partial charge in [0.1, 0.15) is 10.9 Å². The van der Waals surface area contributed by atoms with Crippen LogP contribution < -0.4 is 4.74 Å². The van der Waals surface area contributed by atoms with E-state index in [0.29, 0.717) is 16.9 Å². The Morgan fingerprint density at radius 3 is 2.32 bits per heavy atom. The summed E-state index contributed by atoms with van der Waals surface area (Å²) in [6.07, 6.45) is -2.91. The normalized spacial score (nSPS) is 11.4. The van der Waals surface area contributed by atoms with E-state index in [9.17, 15) is 13.2 Å². The van der Waals surface area contributed by atoms with Crippen molar-refractivity contribution in [2.24, 2.45) is 0 Å². The van der Waals surface area contributed by atoms with Crippen LogP contribution in [0.2, 0.25) is 5.15 Å². The first-order valence-electron chi connectivity index (χ1n) is 5.29. The molecule has 0 atom stereocenters. The van der Waals surface area contributed by atoms with Gasteiger partial charge in [0.2, 0.25) is 0 Å². The number of halogens is 4. The second kappa shape index (κ2) is 5.09. The van der Waals surface area contributed by atoms with Crippen LogP contribution in [-0.4, -0.2) is 12.1 Å². The molecule has 0 saturated carbocycles. The van der Waals surface area contributed by atoms with Gasteiger partial charge in [0.25, 0.3) is 0 Å². The van der Waals surface area contributed by atoms with Gasteiger partial charge in [-0.2, -0.15) is 13.2 Å². The Morgan fingerprint density at radius 1 is 1.16 bits per heavy atom. The van der Waals surface area contributed by atoms with E-state index in [1.54, 1.807) is 6.07 Å². The summed E-state index contributed by atoms with van der Waals surface area (Å²) in [5.41, 5.74) is 0.363. The minimum Gasteiger partial charge on any atom is -0.495 e. The third-order valence-electron chi connectivity index (χ3n) is 2.57. The third kappa shape index (κ3) is 2.98. The van der Waals surface area contributed by atoms with Crippen LogP contribution in [0.5, 0.6) is 5.75 Å². The smallest absolute Gasteiger partial charge is 0.416 e. The summed E-state index contributed by atoms with van der Waals surface area (Å²) in [5, 5.41) is 0.209. The molecule has 0 amide bonds. The van der Waals surface area contributed by atoms with Crippen molar-refractivity contribution in [2.45, 2.75) is 6.18 Å². The number of benzene rings is 1. The first-order valence-corrected chi connectivity index (χ1v) is 5.67. The Labute approximate surface area is 112 Å². The molecule has 0 fully saturated rings. The van der Waals surface area contributed by atoms with E-state index in [0.717, 1.165) is 12.1 Å². The van der Waals surface area contributed by atoms with E-state index >= 15 is 0 Å². The number of ether oxygens (including phenoxy) is 1. The highest BCUT2D eigenvalue weighted by Gasteiger charge is 2.30. The second-order valence-electron chi connectivity index (χ2n) is 3.79. The fourth-order valence-electron chi connectivity index (χ4n) is 1.58. The fraction of sp³-hybridized carbons (Fsp3) is 0.154. The van der Waals surface area contributed by atoms with E-state index in [2.05, 4.69) is 4.98 Å². The standard InChI is InChI=1S/C13H9ClF3NO/c1-19-10-6-11(12(14)18-7-10)8-2-4-9(5-3-8)13(15,16)17/h2-7H,1H3. The zero-order valence-electron chi connectivity index (χ0n) is 9.83. The van der Waals surface area contributed by atoms with Crippen LogP contribution in [0.1, 0.15) is 5.56 Å². The van der Waals surface area contributed by atoms with Crippen molar-refractivity contribution in [2.75, 3.05) is 7.11 Å². The number of hydrogen-bond donors (Lipinski definition) is 0. The molecule has 0 aliphatic heterocycles. The van der Waals surface area contributed by atoms with Crippen LogP contribution in [0.15, 0.2) is 36.5 Å². The van der Waals surface area contributed by atoms with Crippen molar-refractivity contribution < 1.29 is 17.9 Å². The van der Waals surface area contributed by atoms with Gasteiger partial charge < -0.3 is 4.74 Å². The Hall–Kier alpha value is -1.75. The van der Waals surface area contributed by atoms with Gasteiger partial charge in [0.15, 0.2) is 0 Å². The van der Waals surface area contributed by atoms with Crippen LogP contribution in [0.25, 0.3) is 11.1 Å². The summed E-state index contributed by atoms with van der Waals surface area (Å²) < 4.78 is 42.4. The summed E-state index contributed by atoms with van der Waals surface area (Å²) >= 11 is 5.93. The minimum atomic E-state index is -4.35. The summed E-state index contributed by atoms with van der Waals surface area (Å²) in [7, 11) is 1.47. The Balaban J connectivity index is 2.42. The van der Waals surface area contributed by atoms with Crippen LogP contribution in [-0.2, 0) is 6.18 Å². The summed E-state index contributed by atoms with van der Waals surface area (Å²) in [5.74, 6) is 0.485. The molecule has 0 bridgehead atoms. The van der Waals surface area contributed by atoms with Crippen molar-refractivity contribution in [3.05, 3.63) is 47.2 Å². The molecule has 0 spiro atoms. The number of methoxy groups -OCH3 is 1. The maximum atomic E-state index is 12.5. The summed E-state index contributed by atoms with van der Waals surface area (Å²) in [6, 6.07) is 6.34. The molecular formula is C13H9ClF3NO. The third-order valence-corrected chi connectivity index (χ3v) is 2.87. The molecule has 1 aromatic carbocycles. The molecule has 0 N–H and O–H groups in total. The highest BCUT2D eigenvalue weighted by Crippen LogP contribution is 2.33. The maximum Gasteiger partial charge on any atom is 0.416 e. The molecule has 0 unspecified atom stereocenters. The lowest BCUT2D eigenvalue weighted by Gasteiger charge is -2.09. The van der Waals surface area contributed by atoms with Gasteiger partial charge in [-0.15, -0.1) is 0 Å². The fourth-order valence-corrected chi connectivity index (χ4v) is 1.79. The molecule has 2 nitrogen and oxygen atoms in total. The Morgan fingerprint density at radius 2 is 1.79 bits per heavy atom. The predicted molar refractivity (Wildman–Crippen MR) is 66.2 cm³/mol. The van der Waals surface area contributed by atoms with Crippen LogP contribution in [0, 0.1) is 0 Å². The van der Waals surface area contributed by atoms with Crippen molar-refractivity contribution in [1.29, 1.82) is 0 Å². The first kappa shape index (κ1) is 13.7. The summed E-state index contributed by atoms with van der Waals surface area (Å²) in [4.78, 5) is 3.92. The molecule has 2 aromatic rings.